The van der Waals surface area contributed by atoms with Gasteiger partial charge in [0.1, 0.15) is 6.10 Å². The molecule has 2 aliphatic rings. The number of hydrogen-bond donors (Lipinski definition) is 2. The lowest BCUT2D eigenvalue weighted by molar-refractivity contribution is -0.140. The van der Waals surface area contributed by atoms with Crippen molar-refractivity contribution < 1.29 is 19.7 Å². The van der Waals surface area contributed by atoms with Crippen LogP contribution in [0.1, 0.15) is 52.9 Å². The molecule has 0 saturated carbocycles. The third-order valence-corrected chi connectivity index (χ3v) is 3.60. The molecule has 2 fully saturated rings. The number of epoxide rings is 1. The summed E-state index contributed by atoms with van der Waals surface area (Å²) < 4.78 is 11.6. The first-order chi connectivity index (χ1) is 10.6. The first kappa shape index (κ1) is 21.6. The van der Waals surface area contributed by atoms with Gasteiger partial charge in [-0.05, 0) is 19.3 Å². The van der Waals surface area contributed by atoms with Crippen LogP contribution < -0.4 is 0 Å². The van der Waals surface area contributed by atoms with Gasteiger partial charge in [0.15, 0.2) is 5.79 Å². The van der Waals surface area contributed by atoms with Gasteiger partial charge in [-0.3, -0.25) is 0 Å². The Morgan fingerprint density at radius 2 is 2.00 bits per heavy atom. The SMILES string of the molecule is C=C(Cl)CCC1OC12CC(O)CC(/C=C/CC)O2.CC.CO. The van der Waals surface area contributed by atoms with Gasteiger partial charge in [-0.2, -0.15) is 0 Å². The Bertz CT molecular complexity index is 346. The molecule has 1 spiro atoms. The summed E-state index contributed by atoms with van der Waals surface area (Å²) in [6, 6.07) is 0. The number of aliphatic hydroxyl groups is 2. The molecule has 2 rings (SSSR count). The van der Waals surface area contributed by atoms with Crippen molar-refractivity contribution in [3.8, 4) is 0 Å². The number of ether oxygens (including phenoxy) is 2. The molecular formula is C17H31ClO4. The molecule has 4 atom stereocenters. The second-order valence-electron chi connectivity index (χ2n) is 5.06. The van der Waals surface area contributed by atoms with Gasteiger partial charge in [-0.25, -0.2) is 0 Å². The van der Waals surface area contributed by atoms with Crippen LogP contribution in [0.2, 0.25) is 0 Å². The van der Waals surface area contributed by atoms with E-state index in [0.717, 1.165) is 26.4 Å². The van der Waals surface area contributed by atoms with Gasteiger partial charge in [0, 0.05) is 25.0 Å². The summed E-state index contributed by atoms with van der Waals surface area (Å²) in [6.45, 7) is 9.74. The average molecular weight is 335 g/mol. The molecule has 0 radical (unpaired) electrons. The van der Waals surface area contributed by atoms with Crippen LogP contribution in [0.4, 0.5) is 0 Å². The summed E-state index contributed by atoms with van der Waals surface area (Å²) in [5, 5.41) is 17.6. The molecule has 2 heterocycles. The second-order valence-corrected chi connectivity index (χ2v) is 5.60. The predicted molar refractivity (Wildman–Crippen MR) is 90.9 cm³/mol. The molecule has 0 amide bonds. The fourth-order valence-electron chi connectivity index (χ4n) is 2.49. The molecule has 22 heavy (non-hydrogen) atoms. The Kier molecular flexibility index (Phi) is 11.0. The molecule has 2 saturated heterocycles. The van der Waals surface area contributed by atoms with Crippen LogP contribution in [-0.2, 0) is 9.47 Å². The molecule has 0 aromatic carbocycles. The number of rotatable bonds is 5. The lowest BCUT2D eigenvalue weighted by atomic mass is 9.97. The van der Waals surface area contributed by atoms with Crippen molar-refractivity contribution in [3.63, 3.8) is 0 Å². The summed E-state index contributed by atoms with van der Waals surface area (Å²) in [5.74, 6) is -0.577. The number of allylic oxidation sites excluding steroid dienone is 2. The van der Waals surface area contributed by atoms with E-state index >= 15 is 0 Å². The van der Waals surface area contributed by atoms with E-state index < -0.39 is 5.79 Å². The van der Waals surface area contributed by atoms with Crippen LogP contribution in [0.15, 0.2) is 23.8 Å². The zero-order valence-electron chi connectivity index (χ0n) is 14.2. The van der Waals surface area contributed by atoms with Crippen molar-refractivity contribution in [2.24, 2.45) is 0 Å². The van der Waals surface area contributed by atoms with Crippen molar-refractivity contribution in [2.75, 3.05) is 7.11 Å². The number of aliphatic hydroxyl groups excluding tert-OH is 2. The lowest BCUT2D eigenvalue weighted by Crippen LogP contribution is -2.38. The fraction of sp³-hybridized carbons (Fsp3) is 0.765. The largest absolute Gasteiger partial charge is 0.400 e. The van der Waals surface area contributed by atoms with E-state index in [4.69, 9.17) is 26.2 Å². The number of hydrogen-bond acceptors (Lipinski definition) is 4. The highest BCUT2D eigenvalue weighted by Gasteiger charge is 2.61. The molecule has 130 valence electrons. The molecule has 4 nitrogen and oxygen atoms in total. The van der Waals surface area contributed by atoms with Crippen LogP contribution in [0.3, 0.4) is 0 Å². The summed E-state index contributed by atoms with van der Waals surface area (Å²) in [6.07, 6.45) is 7.44. The zero-order chi connectivity index (χ0) is 17.2. The van der Waals surface area contributed by atoms with Crippen LogP contribution >= 0.6 is 11.6 Å². The van der Waals surface area contributed by atoms with E-state index in [-0.39, 0.29) is 18.3 Å². The van der Waals surface area contributed by atoms with E-state index in [1.807, 2.05) is 19.9 Å². The Morgan fingerprint density at radius 3 is 2.55 bits per heavy atom. The van der Waals surface area contributed by atoms with Crippen LogP contribution in [0.5, 0.6) is 0 Å². The molecular weight excluding hydrogens is 304 g/mol. The Hall–Kier alpha value is -0.390. The molecule has 4 unspecified atom stereocenters. The second kappa shape index (κ2) is 11.2. The molecule has 0 aliphatic carbocycles. The molecule has 0 aromatic rings. The third-order valence-electron chi connectivity index (χ3n) is 3.41. The van der Waals surface area contributed by atoms with Crippen molar-refractivity contribution in [1.82, 2.24) is 0 Å². The normalized spacial score (nSPS) is 32.8. The summed E-state index contributed by atoms with van der Waals surface area (Å²) >= 11 is 5.75. The van der Waals surface area contributed by atoms with Gasteiger partial charge in [-0.1, -0.05) is 51.1 Å². The van der Waals surface area contributed by atoms with Crippen molar-refractivity contribution in [1.29, 1.82) is 0 Å². The summed E-state index contributed by atoms with van der Waals surface area (Å²) in [5.41, 5.74) is 0. The highest BCUT2D eigenvalue weighted by molar-refractivity contribution is 6.29. The quantitative estimate of drug-likeness (QED) is 0.593. The fourth-order valence-corrected chi connectivity index (χ4v) is 2.60. The van der Waals surface area contributed by atoms with Gasteiger partial charge >= 0.3 is 0 Å². The highest BCUT2D eigenvalue weighted by atomic mass is 35.5. The van der Waals surface area contributed by atoms with Gasteiger partial charge in [-0.15, -0.1) is 0 Å². The Balaban J connectivity index is 0.00000102. The number of halogens is 1. The zero-order valence-corrected chi connectivity index (χ0v) is 15.0. The Morgan fingerprint density at radius 1 is 1.36 bits per heavy atom. The topological polar surface area (TPSA) is 62.2 Å². The minimum atomic E-state index is -0.577. The molecule has 2 N–H and O–H groups in total. The summed E-state index contributed by atoms with van der Waals surface area (Å²) in [4.78, 5) is 0. The monoisotopic (exact) mass is 334 g/mol. The smallest absolute Gasteiger partial charge is 0.198 e. The van der Waals surface area contributed by atoms with Crippen molar-refractivity contribution >= 4 is 11.6 Å². The summed E-state index contributed by atoms with van der Waals surface area (Å²) in [7, 11) is 1.00. The lowest BCUT2D eigenvalue weighted by Gasteiger charge is -2.30. The van der Waals surface area contributed by atoms with Crippen molar-refractivity contribution in [2.45, 2.75) is 77.0 Å². The minimum Gasteiger partial charge on any atom is -0.400 e. The van der Waals surface area contributed by atoms with E-state index in [2.05, 4.69) is 19.6 Å². The third kappa shape index (κ3) is 6.80. The first-order valence-electron chi connectivity index (χ1n) is 8.04. The van der Waals surface area contributed by atoms with Crippen LogP contribution in [0, 0.1) is 0 Å². The van der Waals surface area contributed by atoms with Crippen LogP contribution in [-0.4, -0.2) is 41.4 Å². The van der Waals surface area contributed by atoms with E-state index in [0.29, 0.717) is 17.9 Å². The van der Waals surface area contributed by atoms with Crippen molar-refractivity contribution in [3.05, 3.63) is 23.8 Å². The highest BCUT2D eigenvalue weighted by Crippen LogP contribution is 2.49. The average Bonchev–Trinajstić information content (AvgIpc) is 3.17. The Labute approximate surface area is 139 Å². The van der Waals surface area contributed by atoms with E-state index in [1.54, 1.807) is 0 Å². The maximum atomic E-state index is 9.91. The van der Waals surface area contributed by atoms with Crippen LogP contribution in [0.25, 0.3) is 0 Å². The van der Waals surface area contributed by atoms with E-state index in [1.165, 1.54) is 0 Å². The molecule has 0 aromatic heterocycles. The standard InChI is InChI=1S/C14H21ClO3.C2H6.CH4O/c1-3-4-5-12-8-11(16)9-14(17-12)13(18-14)7-6-10(2)15;2*1-2/h4-5,11-13,16H,2-3,6-9H2,1H3;1-2H3;2H,1H3/b5-4+;;. The maximum absolute atomic E-state index is 9.91. The van der Waals surface area contributed by atoms with Gasteiger partial charge in [0.2, 0.25) is 0 Å². The molecule has 2 aliphatic heterocycles. The van der Waals surface area contributed by atoms with Gasteiger partial charge < -0.3 is 19.7 Å². The maximum Gasteiger partial charge on any atom is 0.198 e. The first-order valence-corrected chi connectivity index (χ1v) is 8.42. The molecule has 0 bridgehead atoms. The predicted octanol–water partition coefficient (Wildman–Crippen LogP) is 3.76. The van der Waals surface area contributed by atoms with Gasteiger partial charge in [0.25, 0.3) is 0 Å². The van der Waals surface area contributed by atoms with E-state index in [9.17, 15) is 5.11 Å². The minimum absolute atomic E-state index is 0.0421. The molecule has 5 heteroatoms. The van der Waals surface area contributed by atoms with Gasteiger partial charge in [0.05, 0.1) is 12.2 Å².